The molecule has 0 saturated carbocycles. The van der Waals surface area contributed by atoms with E-state index in [1.807, 2.05) is 0 Å². The fraction of sp³-hybridized carbons (Fsp3) is 0.400. The highest BCUT2D eigenvalue weighted by Crippen LogP contribution is 2.04. The number of halogens is 1. The van der Waals surface area contributed by atoms with Gasteiger partial charge >= 0.3 is 10.6 Å². The normalized spacial score (nSPS) is 10.9. The molecule has 0 saturated heterocycles. The second kappa shape index (κ2) is 4.84. The number of carbonyl (C=O) groups is 1. The Morgan fingerprint density at radius 3 is 2.73 bits per heavy atom. The first-order chi connectivity index (χ1) is 5.07. The molecule has 6 heteroatoms. The SMILES string of the molecule is CCOC(=O)/C=C(\Br)[N+](=O)[O-]. The standard InChI is InChI=1S/C5H6BrNO4/c1-2-11-5(8)3-4(6)7(9)10/h3H,2H2,1H3/b4-3+. The van der Waals surface area contributed by atoms with Crippen molar-refractivity contribution in [3.63, 3.8) is 0 Å². The van der Waals surface area contributed by atoms with Gasteiger partial charge in [-0.1, -0.05) is 0 Å². The summed E-state index contributed by atoms with van der Waals surface area (Å²) in [7, 11) is 0. The lowest BCUT2D eigenvalue weighted by Crippen LogP contribution is -2.02. The molecule has 0 atom stereocenters. The van der Waals surface area contributed by atoms with E-state index in [9.17, 15) is 14.9 Å². The highest BCUT2D eigenvalue weighted by atomic mass is 79.9. The lowest BCUT2D eigenvalue weighted by molar-refractivity contribution is -0.408. The number of hydrogen-bond donors (Lipinski definition) is 0. The Kier molecular flexibility index (Phi) is 4.44. The molecule has 5 nitrogen and oxygen atoms in total. The molecule has 0 bridgehead atoms. The molecule has 0 fully saturated rings. The fourth-order valence-corrected chi connectivity index (χ4v) is 0.521. The van der Waals surface area contributed by atoms with Gasteiger partial charge in [0.2, 0.25) is 0 Å². The van der Waals surface area contributed by atoms with E-state index in [0.717, 1.165) is 6.08 Å². The third-order valence-corrected chi connectivity index (χ3v) is 1.22. The summed E-state index contributed by atoms with van der Waals surface area (Å²) in [5.41, 5.74) is 0. The maximum absolute atomic E-state index is 10.5. The van der Waals surface area contributed by atoms with Crippen LogP contribution in [-0.4, -0.2) is 17.5 Å². The van der Waals surface area contributed by atoms with Gasteiger partial charge in [0.25, 0.3) is 0 Å². The number of ether oxygens (including phenoxy) is 1. The molecule has 0 aromatic heterocycles. The third kappa shape index (κ3) is 4.49. The van der Waals surface area contributed by atoms with Gasteiger partial charge in [0.1, 0.15) is 6.08 Å². The van der Waals surface area contributed by atoms with Crippen LogP contribution in [0.3, 0.4) is 0 Å². The van der Waals surface area contributed by atoms with Crippen molar-refractivity contribution in [1.29, 1.82) is 0 Å². The zero-order valence-corrected chi connectivity index (χ0v) is 7.33. The van der Waals surface area contributed by atoms with Gasteiger partial charge in [0.05, 0.1) is 11.5 Å². The molecule has 0 aliphatic rings. The molecule has 62 valence electrons. The minimum atomic E-state index is -0.726. The van der Waals surface area contributed by atoms with Gasteiger partial charge in [-0.05, 0) is 6.92 Å². The molecular formula is C5H6BrNO4. The minimum absolute atomic E-state index is 0.202. The Bertz CT molecular complexity index is 201. The molecule has 0 N–H and O–H groups in total. The lowest BCUT2D eigenvalue weighted by atomic mass is 10.6. The monoisotopic (exact) mass is 223 g/mol. The van der Waals surface area contributed by atoms with E-state index in [1.54, 1.807) is 6.92 Å². The van der Waals surface area contributed by atoms with Crippen LogP contribution in [0.5, 0.6) is 0 Å². The maximum Gasteiger partial charge on any atom is 0.338 e. The first-order valence-electron chi connectivity index (χ1n) is 2.76. The zero-order valence-electron chi connectivity index (χ0n) is 5.74. The van der Waals surface area contributed by atoms with Gasteiger partial charge in [-0.15, -0.1) is 0 Å². The van der Waals surface area contributed by atoms with Gasteiger partial charge in [0, 0.05) is 15.9 Å². The van der Waals surface area contributed by atoms with Gasteiger partial charge < -0.3 is 4.74 Å². The van der Waals surface area contributed by atoms with E-state index >= 15 is 0 Å². The Morgan fingerprint density at radius 1 is 1.82 bits per heavy atom. The average Bonchev–Trinajstić information content (AvgIpc) is 1.87. The van der Waals surface area contributed by atoms with Crippen molar-refractivity contribution in [2.75, 3.05) is 6.61 Å². The zero-order chi connectivity index (χ0) is 8.85. The van der Waals surface area contributed by atoms with Crippen molar-refractivity contribution >= 4 is 21.9 Å². The van der Waals surface area contributed by atoms with Crippen molar-refractivity contribution in [3.05, 3.63) is 20.8 Å². The minimum Gasteiger partial charge on any atom is -0.463 e. The van der Waals surface area contributed by atoms with E-state index in [4.69, 9.17) is 0 Å². The van der Waals surface area contributed by atoms with E-state index < -0.39 is 15.5 Å². The molecular weight excluding hydrogens is 218 g/mol. The molecule has 0 aliphatic carbocycles. The maximum atomic E-state index is 10.5. The van der Waals surface area contributed by atoms with Crippen LogP contribution in [0.1, 0.15) is 6.92 Å². The summed E-state index contributed by atoms with van der Waals surface area (Å²) < 4.78 is 4.01. The Balaban J connectivity index is 4.08. The number of rotatable bonds is 3. The van der Waals surface area contributed by atoms with Crippen LogP contribution in [0.2, 0.25) is 0 Å². The van der Waals surface area contributed by atoms with Crippen molar-refractivity contribution in [2.45, 2.75) is 6.92 Å². The van der Waals surface area contributed by atoms with Crippen molar-refractivity contribution in [2.24, 2.45) is 0 Å². The Labute approximate surface area is 71.3 Å². The summed E-state index contributed by atoms with van der Waals surface area (Å²) in [6.45, 7) is 1.82. The number of nitro groups is 1. The highest BCUT2D eigenvalue weighted by molar-refractivity contribution is 9.11. The third-order valence-electron chi connectivity index (χ3n) is 0.698. The number of nitrogens with zero attached hydrogens (tertiary/aromatic N) is 1. The van der Waals surface area contributed by atoms with E-state index in [-0.39, 0.29) is 6.61 Å². The summed E-state index contributed by atoms with van der Waals surface area (Å²) in [5, 5.41) is 9.92. The first-order valence-corrected chi connectivity index (χ1v) is 3.55. The van der Waals surface area contributed by atoms with Crippen LogP contribution < -0.4 is 0 Å². The summed E-state index contributed by atoms with van der Waals surface area (Å²) in [5.74, 6) is -0.726. The van der Waals surface area contributed by atoms with Gasteiger partial charge in [-0.3, -0.25) is 10.1 Å². The molecule has 0 unspecified atom stereocenters. The molecule has 0 radical (unpaired) electrons. The average molecular weight is 224 g/mol. The number of esters is 1. The van der Waals surface area contributed by atoms with Crippen molar-refractivity contribution in [1.82, 2.24) is 0 Å². The molecule has 0 amide bonds. The van der Waals surface area contributed by atoms with E-state index in [2.05, 4.69) is 20.7 Å². The van der Waals surface area contributed by atoms with Crippen LogP contribution in [-0.2, 0) is 9.53 Å². The van der Waals surface area contributed by atoms with Gasteiger partial charge in [-0.25, -0.2) is 4.79 Å². The molecule has 0 heterocycles. The second-order valence-electron chi connectivity index (χ2n) is 1.48. The molecule has 0 aliphatic heterocycles. The summed E-state index contributed by atoms with van der Waals surface area (Å²) in [6, 6.07) is 0. The topological polar surface area (TPSA) is 69.4 Å². The predicted molar refractivity (Wildman–Crippen MR) is 40.6 cm³/mol. The summed E-state index contributed by atoms with van der Waals surface area (Å²) in [4.78, 5) is 19.7. The van der Waals surface area contributed by atoms with Crippen LogP contribution in [0, 0.1) is 10.1 Å². The summed E-state index contributed by atoms with van der Waals surface area (Å²) >= 11 is 2.57. The van der Waals surface area contributed by atoms with Gasteiger partial charge in [-0.2, -0.15) is 0 Å². The largest absolute Gasteiger partial charge is 0.463 e. The van der Waals surface area contributed by atoms with Crippen molar-refractivity contribution < 1.29 is 14.5 Å². The van der Waals surface area contributed by atoms with Crippen LogP contribution in [0.25, 0.3) is 0 Å². The number of hydrogen-bond acceptors (Lipinski definition) is 4. The van der Waals surface area contributed by atoms with Gasteiger partial charge in [0.15, 0.2) is 0 Å². The van der Waals surface area contributed by atoms with Crippen LogP contribution in [0.15, 0.2) is 10.7 Å². The predicted octanol–water partition coefficient (Wildman–Crippen LogP) is 1.06. The van der Waals surface area contributed by atoms with E-state index in [1.165, 1.54) is 0 Å². The second-order valence-corrected chi connectivity index (χ2v) is 2.29. The van der Waals surface area contributed by atoms with E-state index in [0.29, 0.717) is 0 Å². The molecule has 0 aromatic rings. The quantitative estimate of drug-likeness (QED) is 0.236. The molecule has 0 aromatic carbocycles. The highest BCUT2D eigenvalue weighted by Gasteiger charge is 2.08. The van der Waals surface area contributed by atoms with Crippen molar-refractivity contribution in [3.8, 4) is 0 Å². The lowest BCUT2D eigenvalue weighted by Gasteiger charge is -1.92. The first kappa shape index (κ1) is 10.1. The van der Waals surface area contributed by atoms with Crippen LogP contribution >= 0.6 is 15.9 Å². The Morgan fingerprint density at radius 2 is 2.36 bits per heavy atom. The fourth-order valence-electron chi connectivity index (χ4n) is 0.334. The number of carbonyl (C=O) groups excluding carboxylic acids is 1. The molecule has 0 spiro atoms. The Hall–Kier alpha value is -0.910. The smallest absolute Gasteiger partial charge is 0.338 e. The van der Waals surface area contributed by atoms with Crippen LogP contribution in [0.4, 0.5) is 0 Å². The molecule has 11 heavy (non-hydrogen) atoms. The summed E-state index contributed by atoms with van der Waals surface area (Å²) in [6.07, 6.45) is 0.767. The molecule has 0 rings (SSSR count).